The number of carboxylic acid groups (broad SMARTS) is 2. The van der Waals surface area contributed by atoms with E-state index in [1.54, 1.807) is 0 Å². The highest BCUT2D eigenvalue weighted by molar-refractivity contribution is 5.84. The molecule has 0 amide bonds. The minimum atomic E-state index is -1.13. The minimum absolute atomic E-state index is 0.128. The van der Waals surface area contributed by atoms with E-state index in [-0.39, 0.29) is 5.69 Å². The maximum atomic E-state index is 11.5. The average Bonchev–Trinajstić information content (AvgIpc) is 2.87. The molecule has 0 spiro atoms. The van der Waals surface area contributed by atoms with Crippen molar-refractivity contribution in [1.82, 2.24) is 9.88 Å². The van der Waals surface area contributed by atoms with Gasteiger partial charge in [-0.3, -0.25) is 9.69 Å². The molecule has 7 heteroatoms. The van der Waals surface area contributed by atoms with Gasteiger partial charge in [0.15, 0.2) is 5.69 Å². The molecule has 2 rings (SSSR count). The fraction of sp³-hybridized carbons (Fsp3) is 0.615. The molecule has 110 valence electrons. The van der Waals surface area contributed by atoms with Crippen LogP contribution in [0.15, 0.2) is 10.7 Å². The van der Waals surface area contributed by atoms with Crippen molar-refractivity contribution in [3.8, 4) is 0 Å². The number of aromatic nitrogens is 1. The van der Waals surface area contributed by atoms with Gasteiger partial charge < -0.3 is 14.6 Å². The summed E-state index contributed by atoms with van der Waals surface area (Å²) in [6, 6.07) is 0. The summed E-state index contributed by atoms with van der Waals surface area (Å²) >= 11 is 0. The van der Waals surface area contributed by atoms with Gasteiger partial charge in [-0.25, -0.2) is 9.78 Å². The molecule has 1 aliphatic rings. The second-order valence-corrected chi connectivity index (χ2v) is 5.18. The molecule has 0 saturated carbocycles. The van der Waals surface area contributed by atoms with E-state index in [0.29, 0.717) is 31.8 Å². The smallest absolute Gasteiger partial charge is 0.357 e. The molecule has 1 atom stereocenters. The Balaban J connectivity index is 2.05. The van der Waals surface area contributed by atoms with Crippen molar-refractivity contribution in [3.63, 3.8) is 0 Å². The zero-order valence-electron chi connectivity index (χ0n) is 11.3. The van der Waals surface area contributed by atoms with Gasteiger partial charge in [-0.1, -0.05) is 6.92 Å². The molecule has 1 aliphatic heterocycles. The monoisotopic (exact) mass is 282 g/mol. The molecular weight excluding hydrogens is 264 g/mol. The average molecular weight is 282 g/mol. The Morgan fingerprint density at radius 1 is 1.50 bits per heavy atom. The first kappa shape index (κ1) is 14.5. The van der Waals surface area contributed by atoms with E-state index < -0.39 is 17.4 Å². The summed E-state index contributed by atoms with van der Waals surface area (Å²) < 4.78 is 5.11. The second kappa shape index (κ2) is 5.62. The van der Waals surface area contributed by atoms with Crippen molar-refractivity contribution in [2.24, 2.45) is 5.41 Å². The number of oxazole rings is 1. The number of nitrogens with zero attached hydrogens (tertiary/aromatic N) is 2. The molecule has 1 fully saturated rings. The van der Waals surface area contributed by atoms with Crippen LogP contribution in [-0.4, -0.2) is 45.1 Å². The lowest BCUT2D eigenvalue weighted by atomic mass is 9.77. The maximum absolute atomic E-state index is 11.5. The quantitative estimate of drug-likeness (QED) is 0.842. The molecule has 0 aromatic carbocycles. The topological polar surface area (TPSA) is 104 Å². The summed E-state index contributed by atoms with van der Waals surface area (Å²) in [5.74, 6) is -1.60. The van der Waals surface area contributed by atoms with Crippen LogP contribution in [0.5, 0.6) is 0 Å². The van der Waals surface area contributed by atoms with Crippen molar-refractivity contribution in [3.05, 3.63) is 17.8 Å². The highest BCUT2D eigenvalue weighted by Crippen LogP contribution is 2.34. The predicted molar refractivity (Wildman–Crippen MR) is 68.3 cm³/mol. The van der Waals surface area contributed by atoms with Gasteiger partial charge in [-0.2, -0.15) is 0 Å². The van der Waals surface area contributed by atoms with Crippen LogP contribution in [-0.2, 0) is 11.3 Å². The van der Waals surface area contributed by atoms with Gasteiger partial charge in [-0.05, 0) is 25.8 Å². The number of piperidine rings is 1. The van der Waals surface area contributed by atoms with E-state index in [1.165, 1.54) is 0 Å². The standard InChI is InChI=1S/C13H18N2O5/c1-2-13(12(18)19)4-3-5-15(8-13)6-10-14-9(7-20-10)11(16)17/h7H,2-6,8H2,1H3,(H,16,17)(H,18,19)/t13-/m1/s1. The predicted octanol–water partition coefficient (Wildman–Crippen LogP) is 1.45. The highest BCUT2D eigenvalue weighted by Gasteiger charge is 2.40. The Bertz CT molecular complexity index is 513. The van der Waals surface area contributed by atoms with Crippen LogP contribution in [0.25, 0.3) is 0 Å². The van der Waals surface area contributed by atoms with Crippen LogP contribution in [0.1, 0.15) is 42.6 Å². The zero-order valence-corrected chi connectivity index (χ0v) is 11.3. The Morgan fingerprint density at radius 3 is 2.80 bits per heavy atom. The number of hydrogen-bond donors (Lipinski definition) is 2. The lowest BCUT2D eigenvalue weighted by Crippen LogP contribution is -2.47. The van der Waals surface area contributed by atoms with Gasteiger partial charge in [0, 0.05) is 6.54 Å². The summed E-state index contributed by atoms with van der Waals surface area (Å²) in [4.78, 5) is 28.0. The molecule has 1 aromatic rings. The molecule has 2 N–H and O–H groups in total. The Hall–Kier alpha value is -1.89. The van der Waals surface area contributed by atoms with Crippen LogP contribution in [0.3, 0.4) is 0 Å². The molecule has 0 radical (unpaired) electrons. The van der Waals surface area contributed by atoms with E-state index in [1.807, 2.05) is 11.8 Å². The first-order chi connectivity index (χ1) is 9.47. The molecule has 0 bridgehead atoms. The fourth-order valence-electron chi connectivity index (χ4n) is 2.65. The van der Waals surface area contributed by atoms with Gasteiger partial charge >= 0.3 is 11.9 Å². The van der Waals surface area contributed by atoms with Crippen LogP contribution in [0, 0.1) is 5.41 Å². The van der Waals surface area contributed by atoms with Crippen LogP contribution >= 0.6 is 0 Å². The SMILES string of the molecule is CC[C@@]1(C(=O)O)CCCN(Cc2nc(C(=O)O)co2)C1. The summed E-state index contributed by atoms with van der Waals surface area (Å²) in [5, 5.41) is 18.2. The summed E-state index contributed by atoms with van der Waals surface area (Å²) in [7, 11) is 0. The lowest BCUT2D eigenvalue weighted by molar-refractivity contribution is -0.153. The van der Waals surface area contributed by atoms with Crippen molar-refractivity contribution >= 4 is 11.9 Å². The molecule has 7 nitrogen and oxygen atoms in total. The Labute approximate surface area is 116 Å². The largest absolute Gasteiger partial charge is 0.481 e. The number of likely N-dealkylation sites (tertiary alicyclic amines) is 1. The Morgan fingerprint density at radius 2 is 2.25 bits per heavy atom. The molecule has 2 heterocycles. The maximum Gasteiger partial charge on any atom is 0.357 e. The van der Waals surface area contributed by atoms with Gasteiger partial charge in [-0.15, -0.1) is 0 Å². The zero-order chi connectivity index (χ0) is 14.8. The number of aliphatic carboxylic acids is 1. The molecule has 1 saturated heterocycles. The third-order valence-corrected chi connectivity index (χ3v) is 3.92. The number of carboxylic acids is 2. The van der Waals surface area contributed by atoms with Crippen LogP contribution in [0.4, 0.5) is 0 Å². The third-order valence-electron chi connectivity index (χ3n) is 3.92. The van der Waals surface area contributed by atoms with Gasteiger partial charge in [0.1, 0.15) is 6.26 Å². The molecule has 0 unspecified atom stereocenters. The normalized spacial score (nSPS) is 23.6. The first-order valence-corrected chi connectivity index (χ1v) is 6.60. The van der Waals surface area contributed by atoms with Crippen molar-refractivity contribution in [1.29, 1.82) is 0 Å². The molecular formula is C13H18N2O5. The van der Waals surface area contributed by atoms with Gasteiger partial charge in [0.2, 0.25) is 5.89 Å². The summed E-state index contributed by atoms with van der Waals surface area (Å²) in [5.41, 5.74) is -0.850. The van der Waals surface area contributed by atoms with E-state index in [2.05, 4.69) is 4.98 Å². The summed E-state index contributed by atoms with van der Waals surface area (Å²) in [6.07, 6.45) is 3.14. The molecule has 1 aromatic heterocycles. The van der Waals surface area contributed by atoms with E-state index in [0.717, 1.165) is 19.2 Å². The van der Waals surface area contributed by atoms with Crippen LogP contribution in [0.2, 0.25) is 0 Å². The van der Waals surface area contributed by atoms with Crippen molar-refractivity contribution in [2.45, 2.75) is 32.7 Å². The van der Waals surface area contributed by atoms with Crippen LogP contribution < -0.4 is 0 Å². The highest BCUT2D eigenvalue weighted by atomic mass is 16.4. The number of rotatable bonds is 5. The van der Waals surface area contributed by atoms with E-state index in [4.69, 9.17) is 9.52 Å². The first-order valence-electron chi connectivity index (χ1n) is 6.60. The molecule has 0 aliphatic carbocycles. The number of aromatic carboxylic acids is 1. The van der Waals surface area contributed by atoms with Gasteiger partial charge in [0.25, 0.3) is 0 Å². The Kier molecular flexibility index (Phi) is 4.08. The second-order valence-electron chi connectivity index (χ2n) is 5.18. The lowest BCUT2D eigenvalue weighted by Gasteiger charge is -2.38. The van der Waals surface area contributed by atoms with E-state index >= 15 is 0 Å². The third kappa shape index (κ3) is 2.82. The van der Waals surface area contributed by atoms with Crippen molar-refractivity contribution in [2.75, 3.05) is 13.1 Å². The fourth-order valence-corrected chi connectivity index (χ4v) is 2.65. The van der Waals surface area contributed by atoms with Gasteiger partial charge in [0.05, 0.1) is 12.0 Å². The van der Waals surface area contributed by atoms with Crippen molar-refractivity contribution < 1.29 is 24.2 Å². The minimum Gasteiger partial charge on any atom is -0.481 e. The molecule has 20 heavy (non-hydrogen) atoms. The number of carbonyl (C=O) groups is 2. The number of hydrogen-bond acceptors (Lipinski definition) is 5. The summed E-state index contributed by atoms with van der Waals surface area (Å²) in [6.45, 7) is 3.41. The van der Waals surface area contributed by atoms with E-state index in [9.17, 15) is 14.7 Å².